The highest BCUT2D eigenvalue weighted by molar-refractivity contribution is 5.85. The average Bonchev–Trinajstić information content (AvgIpc) is 2.74. The molecule has 0 spiro atoms. The van der Waals surface area contributed by atoms with E-state index in [1.807, 2.05) is 6.21 Å². The molecule has 1 aliphatic heterocycles. The Morgan fingerprint density at radius 3 is 2.32 bits per heavy atom. The normalized spacial score (nSPS) is 15.4. The average molecular weight is 373 g/mol. The molecule has 0 atom stereocenters. The van der Waals surface area contributed by atoms with E-state index in [9.17, 15) is 0 Å². The zero-order chi connectivity index (χ0) is 19.3. The lowest BCUT2D eigenvalue weighted by Gasteiger charge is -2.33. The second-order valence-electron chi connectivity index (χ2n) is 7.60. The predicted octanol–water partition coefficient (Wildman–Crippen LogP) is 4.06. The number of hydrogen-bond donors (Lipinski definition) is 0. The molecule has 0 aliphatic carbocycles. The van der Waals surface area contributed by atoms with Crippen molar-refractivity contribution in [3.05, 3.63) is 77.9 Å². The van der Waals surface area contributed by atoms with E-state index in [-0.39, 0.29) is 0 Å². The molecular weight excluding hydrogens is 344 g/mol. The van der Waals surface area contributed by atoms with Crippen molar-refractivity contribution in [3.8, 4) is 0 Å². The minimum absolute atomic E-state index is 0.969. The molecular formula is C24H28N4. The summed E-state index contributed by atoms with van der Waals surface area (Å²) < 4.78 is 0. The van der Waals surface area contributed by atoms with Crippen molar-refractivity contribution in [2.45, 2.75) is 6.54 Å². The second-order valence-corrected chi connectivity index (χ2v) is 7.60. The Morgan fingerprint density at radius 1 is 0.857 bits per heavy atom. The van der Waals surface area contributed by atoms with Crippen LogP contribution in [-0.4, -0.2) is 56.4 Å². The van der Waals surface area contributed by atoms with Gasteiger partial charge in [0, 0.05) is 52.5 Å². The minimum Gasteiger partial charge on any atom is -0.378 e. The summed E-state index contributed by atoms with van der Waals surface area (Å²) in [7, 11) is 4.11. The first-order valence-electron chi connectivity index (χ1n) is 9.94. The molecule has 0 aromatic heterocycles. The van der Waals surface area contributed by atoms with E-state index in [1.165, 1.54) is 22.0 Å². The number of hydrazone groups is 1. The lowest BCUT2D eigenvalue weighted by atomic mass is 10.0. The van der Waals surface area contributed by atoms with E-state index in [4.69, 9.17) is 0 Å². The van der Waals surface area contributed by atoms with E-state index in [1.54, 1.807) is 0 Å². The van der Waals surface area contributed by atoms with Gasteiger partial charge in [0.1, 0.15) is 0 Å². The maximum Gasteiger partial charge on any atom is 0.0542 e. The van der Waals surface area contributed by atoms with E-state index in [0.29, 0.717) is 0 Å². The number of benzene rings is 3. The van der Waals surface area contributed by atoms with Crippen molar-refractivity contribution < 1.29 is 0 Å². The molecule has 1 fully saturated rings. The maximum absolute atomic E-state index is 4.69. The molecule has 4 nitrogen and oxygen atoms in total. The van der Waals surface area contributed by atoms with Crippen molar-refractivity contribution >= 4 is 22.7 Å². The number of piperazine rings is 1. The Balaban J connectivity index is 1.33. The summed E-state index contributed by atoms with van der Waals surface area (Å²) in [6.45, 7) is 5.03. The minimum atomic E-state index is 0.969. The number of fused-ring (bicyclic) bond motifs is 1. The molecule has 4 rings (SSSR count). The van der Waals surface area contributed by atoms with E-state index < -0.39 is 0 Å². The largest absolute Gasteiger partial charge is 0.378 e. The summed E-state index contributed by atoms with van der Waals surface area (Å²) in [5.74, 6) is 0. The van der Waals surface area contributed by atoms with Gasteiger partial charge in [0.2, 0.25) is 0 Å². The fraction of sp³-hybridized carbons (Fsp3) is 0.292. The Kier molecular flexibility index (Phi) is 5.58. The summed E-state index contributed by atoms with van der Waals surface area (Å²) in [5.41, 5.74) is 3.76. The topological polar surface area (TPSA) is 22.1 Å². The lowest BCUT2D eigenvalue weighted by molar-refractivity contribution is 0.131. The van der Waals surface area contributed by atoms with Gasteiger partial charge in [-0.15, -0.1) is 0 Å². The summed E-state index contributed by atoms with van der Waals surface area (Å²) in [5, 5.41) is 9.56. The summed E-state index contributed by atoms with van der Waals surface area (Å²) >= 11 is 0. The highest BCUT2D eigenvalue weighted by atomic mass is 15.5. The standard InChI is InChI=1S/C24H28N4/c1-26(2)23-12-10-20(11-13-23)18-25-28-16-14-27(15-17-28)19-22-8-5-7-21-6-3-4-9-24(21)22/h3-13,18H,14-17,19H2,1-2H3/b25-18+. The van der Waals surface area contributed by atoms with Crippen LogP contribution in [0.1, 0.15) is 11.1 Å². The van der Waals surface area contributed by atoms with Crippen LogP contribution in [0.5, 0.6) is 0 Å². The van der Waals surface area contributed by atoms with Crippen LogP contribution >= 0.6 is 0 Å². The Morgan fingerprint density at radius 2 is 1.57 bits per heavy atom. The van der Waals surface area contributed by atoms with Crippen LogP contribution in [0.3, 0.4) is 0 Å². The Hall–Kier alpha value is -2.85. The first kappa shape index (κ1) is 18.5. The van der Waals surface area contributed by atoms with Gasteiger partial charge >= 0.3 is 0 Å². The molecule has 0 unspecified atom stereocenters. The van der Waals surface area contributed by atoms with Gasteiger partial charge in [-0.2, -0.15) is 5.10 Å². The first-order valence-corrected chi connectivity index (χ1v) is 9.94. The van der Waals surface area contributed by atoms with Crippen molar-refractivity contribution in [3.63, 3.8) is 0 Å². The molecule has 1 aliphatic rings. The Labute approximate surface area is 167 Å². The smallest absolute Gasteiger partial charge is 0.0542 e. The third-order valence-corrected chi connectivity index (χ3v) is 5.40. The highest BCUT2D eigenvalue weighted by Gasteiger charge is 2.16. The van der Waals surface area contributed by atoms with Crippen molar-refractivity contribution in [2.24, 2.45) is 5.10 Å². The van der Waals surface area contributed by atoms with Gasteiger partial charge < -0.3 is 4.90 Å². The van der Waals surface area contributed by atoms with Gasteiger partial charge in [0.25, 0.3) is 0 Å². The fourth-order valence-electron chi connectivity index (χ4n) is 3.69. The van der Waals surface area contributed by atoms with Crippen LogP contribution in [0.25, 0.3) is 10.8 Å². The molecule has 4 heteroatoms. The molecule has 0 saturated carbocycles. The molecule has 1 heterocycles. The second kappa shape index (κ2) is 8.44. The predicted molar refractivity (Wildman–Crippen MR) is 119 cm³/mol. The van der Waals surface area contributed by atoms with E-state index in [0.717, 1.165) is 38.3 Å². The highest BCUT2D eigenvalue weighted by Crippen LogP contribution is 2.20. The van der Waals surface area contributed by atoms with Crippen LogP contribution in [-0.2, 0) is 6.54 Å². The zero-order valence-electron chi connectivity index (χ0n) is 16.8. The number of rotatable bonds is 5. The van der Waals surface area contributed by atoms with Gasteiger partial charge in [0.05, 0.1) is 6.21 Å². The molecule has 0 radical (unpaired) electrons. The van der Waals surface area contributed by atoms with Crippen molar-refractivity contribution in [2.75, 3.05) is 45.2 Å². The first-order chi connectivity index (χ1) is 13.7. The van der Waals surface area contributed by atoms with Gasteiger partial charge in [-0.25, -0.2) is 0 Å². The molecule has 0 amide bonds. The van der Waals surface area contributed by atoms with Crippen LogP contribution in [0.2, 0.25) is 0 Å². The summed E-state index contributed by atoms with van der Waals surface area (Å²) in [6.07, 6.45) is 1.97. The van der Waals surface area contributed by atoms with Crippen LogP contribution in [0, 0.1) is 0 Å². The third-order valence-electron chi connectivity index (χ3n) is 5.40. The summed E-state index contributed by atoms with van der Waals surface area (Å²) in [6, 6.07) is 23.8. The van der Waals surface area contributed by atoms with Gasteiger partial charge in [-0.05, 0) is 34.0 Å². The van der Waals surface area contributed by atoms with Crippen molar-refractivity contribution in [1.29, 1.82) is 0 Å². The van der Waals surface area contributed by atoms with E-state index in [2.05, 4.69) is 101 Å². The molecule has 3 aromatic rings. The number of hydrogen-bond acceptors (Lipinski definition) is 4. The quantitative estimate of drug-likeness (QED) is 0.631. The van der Waals surface area contributed by atoms with Crippen LogP contribution in [0.4, 0.5) is 5.69 Å². The van der Waals surface area contributed by atoms with Crippen LogP contribution < -0.4 is 4.90 Å². The SMILES string of the molecule is CN(C)c1ccc(/C=N/N2CCN(Cc3cccc4ccccc34)CC2)cc1. The third kappa shape index (κ3) is 4.34. The number of anilines is 1. The maximum atomic E-state index is 4.69. The number of nitrogens with zero attached hydrogens (tertiary/aromatic N) is 4. The van der Waals surface area contributed by atoms with E-state index >= 15 is 0 Å². The lowest BCUT2D eigenvalue weighted by Crippen LogP contribution is -2.43. The molecule has 144 valence electrons. The zero-order valence-corrected chi connectivity index (χ0v) is 16.8. The van der Waals surface area contributed by atoms with Gasteiger partial charge in [-0.3, -0.25) is 9.91 Å². The molecule has 0 N–H and O–H groups in total. The summed E-state index contributed by atoms with van der Waals surface area (Å²) in [4.78, 5) is 4.63. The van der Waals surface area contributed by atoms with Crippen molar-refractivity contribution in [1.82, 2.24) is 9.91 Å². The molecule has 0 bridgehead atoms. The molecule has 1 saturated heterocycles. The molecule has 3 aromatic carbocycles. The van der Waals surface area contributed by atoms with Gasteiger partial charge in [0.15, 0.2) is 0 Å². The Bertz CT molecular complexity index is 933. The monoisotopic (exact) mass is 372 g/mol. The van der Waals surface area contributed by atoms with Crippen LogP contribution in [0.15, 0.2) is 71.8 Å². The molecule has 28 heavy (non-hydrogen) atoms. The fourth-order valence-corrected chi connectivity index (χ4v) is 3.69. The van der Waals surface area contributed by atoms with Gasteiger partial charge in [-0.1, -0.05) is 54.6 Å².